The number of phenolic OH excluding ortho intramolecular Hbond substituents is 2. The smallest absolute Gasteiger partial charge is 0.173 e. The third kappa shape index (κ3) is 13.9. The van der Waals surface area contributed by atoms with Gasteiger partial charge in [0.2, 0.25) is 0 Å². The number of rotatable bonds is 6. The number of carbonyl (C=O) groups is 2. The van der Waals surface area contributed by atoms with Crippen molar-refractivity contribution in [1.29, 1.82) is 0 Å². The van der Waals surface area contributed by atoms with E-state index in [4.69, 9.17) is 4.74 Å². The van der Waals surface area contributed by atoms with Gasteiger partial charge in [0.25, 0.3) is 0 Å². The molecule has 510 valence electrons. The van der Waals surface area contributed by atoms with Gasteiger partial charge in [-0.15, -0.1) is 5.92 Å². The van der Waals surface area contributed by atoms with E-state index in [9.17, 15) is 40.5 Å². The second kappa shape index (κ2) is 29.3. The molecule has 5 aliphatic carbocycles. The number of fused-ring (bicyclic) bond motifs is 16. The van der Waals surface area contributed by atoms with Crippen LogP contribution >= 0.6 is 0 Å². The summed E-state index contributed by atoms with van der Waals surface area (Å²) in [5.74, 6) is 12.6. The lowest BCUT2D eigenvalue weighted by Crippen LogP contribution is -2.48. The number of benzene rings is 5. The topological polar surface area (TPSA) is 237 Å². The van der Waals surface area contributed by atoms with Crippen molar-refractivity contribution in [3.63, 3.8) is 0 Å². The van der Waals surface area contributed by atoms with Crippen LogP contribution in [-0.2, 0) is 40.9 Å². The first-order chi connectivity index (χ1) is 47.0. The molecular weight excluding hydrogens is 1210 g/mol. The van der Waals surface area contributed by atoms with Gasteiger partial charge in [0.05, 0.1) is 31.8 Å². The highest BCUT2D eigenvalue weighted by molar-refractivity contribution is 6.06. The predicted molar refractivity (Wildman–Crippen MR) is 379 cm³/mol. The molecule has 3 heterocycles. The van der Waals surface area contributed by atoms with Crippen LogP contribution in [0.1, 0.15) is 179 Å². The van der Waals surface area contributed by atoms with E-state index in [-0.39, 0.29) is 102 Å². The number of carbonyl (C=O) groups excluding carboxylic acids is 2. The van der Waals surface area contributed by atoms with Crippen molar-refractivity contribution in [3.05, 3.63) is 171 Å². The van der Waals surface area contributed by atoms with E-state index in [1.165, 1.54) is 7.11 Å². The standard InChI is InChI=1S/C83H98N4O10/c1-5-13-65-59-35-58-34-53-23-26-67(69-43-75(92)76(97-4)39-54(69)24-27-74(91)81(95)80(94)70(53)38-59)66-17-8-7-16-64(66)57-32-48(2)68(37-52-15-12-19-73(90)72(52)47-88)51(33-57)14-11-18-63(58)55-28-31-85-78(41-55)87-61-25-22-50-20-21-56(79(93)71(50)42-61)36-62(89)46-84-44-49(3)60-40-77(86-45-60)83(82(65)96)29-9-6-10-30-83/h7-8,12,15-17,19-22,25,28,39-43,45,48-49,51,53,57-59,62-63,65,67-68,70,81-82,84-90,92-93,95-96H,5-6,9-10,13,18,24,27,29-38,44,46-47H2,1-4H3. The number of hydrogen-bond acceptors (Lipinski definition) is 13. The Morgan fingerprint density at radius 1 is 0.742 bits per heavy atom. The molecule has 11 N–H and O–H groups in total. The van der Waals surface area contributed by atoms with Gasteiger partial charge in [0, 0.05) is 90.6 Å². The van der Waals surface area contributed by atoms with Crippen molar-refractivity contribution in [3.8, 4) is 46.7 Å². The number of ketones is 2. The molecule has 1 spiro atoms. The summed E-state index contributed by atoms with van der Waals surface area (Å²) < 4.78 is 5.74. The van der Waals surface area contributed by atoms with E-state index >= 15 is 4.79 Å². The fourth-order valence-corrected chi connectivity index (χ4v) is 18.7. The molecule has 13 rings (SSSR count). The number of ether oxygens (including phenoxy) is 1. The number of dihydropyridines is 1. The zero-order chi connectivity index (χ0) is 67.6. The first-order valence-corrected chi connectivity index (χ1v) is 36.1. The second-order valence-corrected chi connectivity index (χ2v) is 29.8. The molecule has 7 aliphatic rings. The Kier molecular flexibility index (Phi) is 20.5. The van der Waals surface area contributed by atoms with E-state index in [1.807, 2.05) is 48.5 Å². The van der Waals surface area contributed by atoms with Gasteiger partial charge in [-0.1, -0.05) is 125 Å². The summed E-state index contributed by atoms with van der Waals surface area (Å²) in [6, 6.07) is 29.6. The number of β-amino-alcohol motifs (C(OH)–C–C–N with tert-alkyl or cyclic N) is 1. The van der Waals surface area contributed by atoms with Crippen LogP contribution in [0.25, 0.3) is 10.8 Å². The molecule has 15 unspecified atom stereocenters. The zero-order valence-electron chi connectivity index (χ0n) is 56.8. The van der Waals surface area contributed by atoms with E-state index in [2.05, 4.69) is 108 Å². The largest absolute Gasteiger partial charge is 0.508 e. The molecular formula is C83H98N4O10. The minimum Gasteiger partial charge on any atom is -0.508 e. The Balaban J connectivity index is 1.03. The van der Waals surface area contributed by atoms with Crippen LogP contribution in [0.3, 0.4) is 0 Å². The monoisotopic (exact) mass is 1310 g/mol. The molecule has 6 aromatic rings. The molecule has 14 nitrogen and oxygen atoms in total. The normalized spacial score (nSPS) is 29.9. The molecule has 3 fully saturated rings. The number of anilines is 1. The van der Waals surface area contributed by atoms with Crippen molar-refractivity contribution in [2.75, 3.05) is 32.1 Å². The highest BCUT2D eigenvalue weighted by Gasteiger charge is 2.51. The van der Waals surface area contributed by atoms with Gasteiger partial charge in [-0.25, -0.2) is 0 Å². The van der Waals surface area contributed by atoms with Crippen LogP contribution in [0.4, 0.5) is 5.69 Å². The molecule has 14 heteroatoms. The summed E-state index contributed by atoms with van der Waals surface area (Å²) in [7, 11) is 1.50. The maximum absolute atomic E-state index is 15.9. The number of phenols is 3. The van der Waals surface area contributed by atoms with E-state index in [0.29, 0.717) is 74.7 Å². The Morgan fingerprint density at radius 3 is 2.36 bits per heavy atom. The SMILES string of the molecule is CCCC1C2CC3CC4C#CC(c5cc(O)c(OC)cc5CCC(=O)C(O)C(=O)C4C2)c2ccccc2C2CC(C)C(Cc4cccc(O)c4CO)C(C#CCC3C3=CCNC(=C3)Nc3ccc4ccc(c(O)c4c3)CC(O)CNCC(C)c3c[nH]c(c3)C3(CCCCC3)C1O)C2. The number of aliphatic hydroxyl groups excluding tert-OH is 4. The maximum atomic E-state index is 15.9. The van der Waals surface area contributed by atoms with Gasteiger partial charge in [-0.05, 0) is 204 Å². The number of hydrogen-bond donors (Lipinski definition) is 11. The van der Waals surface area contributed by atoms with Gasteiger partial charge in [0.1, 0.15) is 17.3 Å². The fraction of sp³-hybridized carbons (Fsp3) is 0.494. The number of methoxy groups -OCH3 is 1. The first kappa shape index (κ1) is 67.7. The molecule has 15 atom stereocenters. The number of aliphatic hydroxyl groups is 4. The molecule has 1 aromatic heterocycles. The Hall–Kier alpha value is -7.82. The van der Waals surface area contributed by atoms with Crippen LogP contribution < -0.4 is 20.7 Å². The lowest BCUT2D eigenvalue weighted by molar-refractivity contribution is -0.142. The first-order valence-electron chi connectivity index (χ1n) is 36.1. The average molecular weight is 1310 g/mol. The lowest BCUT2D eigenvalue weighted by atomic mass is 9.61. The van der Waals surface area contributed by atoms with Gasteiger partial charge >= 0.3 is 0 Å². The third-order valence-electron chi connectivity index (χ3n) is 23.9. The second-order valence-electron chi connectivity index (χ2n) is 29.8. The summed E-state index contributed by atoms with van der Waals surface area (Å²) in [5.41, 5.74) is 8.86. The summed E-state index contributed by atoms with van der Waals surface area (Å²) in [6.07, 6.45) is 13.1. The highest BCUT2D eigenvalue weighted by atomic mass is 16.5. The molecule has 0 saturated heterocycles. The Labute approximate surface area is 571 Å². The van der Waals surface area contributed by atoms with E-state index in [0.717, 1.165) is 113 Å². The van der Waals surface area contributed by atoms with Gasteiger partial charge in [-0.2, -0.15) is 0 Å². The number of allylic oxidation sites excluding steroid dienone is 2. The average Bonchev–Trinajstić information content (AvgIpc) is 1.75. The number of aromatic amines is 1. The van der Waals surface area contributed by atoms with Crippen LogP contribution in [-0.4, -0.2) is 97.4 Å². The highest BCUT2D eigenvalue weighted by Crippen LogP contribution is 2.54. The van der Waals surface area contributed by atoms with Crippen molar-refractivity contribution in [2.24, 2.45) is 53.3 Å². The van der Waals surface area contributed by atoms with E-state index < -0.39 is 53.0 Å². The third-order valence-corrected chi connectivity index (χ3v) is 23.9. The molecule has 0 amide bonds. The summed E-state index contributed by atoms with van der Waals surface area (Å²) in [5, 5.41) is 96.0. The molecule has 13 bridgehead atoms. The number of Topliss-reactive ketones (excluding diaryl/α,β-unsaturated/α-hetero) is 2. The summed E-state index contributed by atoms with van der Waals surface area (Å²) >= 11 is 0. The Morgan fingerprint density at radius 2 is 1.56 bits per heavy atom. The molecule has 5 aromatic carbocycles. The maximum Gasteiger partial charge on any atom is 0.173 e. The molecule has 3 saturated carbocycles. The lowest BCUT2D eigenvalue weighted by Gasteiger charge is -2.46. The summed E-state index contributed by atoms with van der Waals surface area (Å²) in [6.45, 7) is 7.75. The van der Waals surface area contributed by atoms with Crippen LogP contribution in [0.15, 0.2) is 121 Å². The minimum absolute atomic E-state index is 0.0180. The number of aromatic hydroxyl groups is 3. The fourth-order valence-electron chi connectivity index (χ4n) is 18.7. The number of H-pyrrole nitrogens is 1. The molecule has 97 heavy (non-hydrogen) atoms. The van der Waals surface area contributed by atoms with Crippen LogP contribution in [0.5, 0.6) is 23.0 Å². The minimum atomic E-state index is -1.92. The number of aromatic nitrogens is 1. The van der Waals surface area contributed by atoms with Crippen LogP contribution in [0, 0.1) is 76.9 Å². The van der Waals surface area contributed by atoms with Crippen LogP contribution in [0.2, 0.25) is 0 Å². The Bertz CT molecular complexity index is 4080. The molecule has 2 aliphatic heterocycles. The van der Waals surface area contributed by atoms with Crippen molar-refractivity contribution >= 4 is 28.0 Å². The van der Waals surface area contributed by atoms with Gasteiger partial charge < -0.3 is 61.4 Å². The van der Waals surface area contributed by atoms with Gasteiger partial charge in [0.15, 0.2) is 29.2 Å². The van der Waals surface area contributed by atoms with Crippen molar-refractivity contribution in [2.45, 2.75) is 178 Å². The zero-order valence-corrected chi connectivity index (χ0v) is 56.8. The number of nitrogens with one attached hydrogen (secondary N) is 4. The quantitative estimate of drug-likeness (QED) is 0.0551. The summed E-state index contributed by atoms with van der Waals surface area (Å²) in [4.78, 5) is 34.5. The molecule has 0 radical (unpaired) electrons. The van der Waals surface area contributed by atoms with Gasteiger partial charge in [-0.3, -0.25) is 9.59 Å². The van der Waals surface area contributed by atoms with Crippen molar-refractivity contribution < 1.29 is 50.1 Å². The van der Waals surface area contributed by atoms with Crippen molar-refractivity contribution in [1.82, 2.24) is 15.6 Å². The predicted octanol–water partition coefficient (Wildman–Crippen LogP) is 12.8. The van der Waals surface area contributed by atoms with E-state index in [1.54, 1.807) is 18.2 Å². The number of aryl methyl sites for hydroxylation is 1.